The molecule has 212 valence electrons. The lowest BCUT2D eigenvalue weighted by molar-refractivity contribution is -0.323. The van der Waals surface area contributed by atoms with Gasteiger partial charge in [-0.25, -0.2) is 22.0 Å². The number of halogens is 7. The van der Waals surface area contributed by atoms with E-state index in [2.05, 4.69) is 11.7 Å². The first kappa shape index (κ1) is 30.0. The first-order valence-corrected chi connectivity index (χ1v) is 13.9. The van der Waals surface area contributed by atoms with Gasteiger partial charge in [0.05, 0.1) is 12.2 Å². The zero-order valence-electron chi connectivity index (χ0n) is 21.7. The highest BCUT2D eigenvalue weighted by Crippen LogP contribution is 2.49. The second-order valence-corrected chi connectivity index (χ2v) is 11.3. The van der Waals surface area contributed by atoms with Crippen LogP contribution in [0.15, 0.2) is 0 Å². The van der Waals surface area contributed by atoms with Gasteiger partial charge in [-0.1, -0.05) is 20.8 Å². The second kappa shape index (κ2) is 13.0. The fourth-order valence-electron chi connectivity index (χ4n) is 6.75. The largest absolute Gasteiger partial charge is 0.378 e. The van der Waals surface area contributed by atoms with Gasteiger partial charge in [0.25, 0.3) is 0 Å². The van der Waals surface area contributed by atoms with E-state index in [-0.39, 0.29) is 30.8 Å². The molecule has 2 nitrogen and oxygen atoms in total. The Morgan fingerprint density at radius 2 is 1.19 bits per heavy atom. The molecule has 9 heteroatoms. The van der Waals surface area contributed by atoms with Crippen molar-refractivity contribution in [1.29, 1.82) is 0 Å². The summed E-state index contributed by atoms with van der Waals surface area (Å²) < 4.78 is 110. The average Bonchev–Trinajstić information content (AvgIpc) is 2.83. The van der Waals surface area contributed by atoms with Gasteiger partial charge < -0.3 is 9.47 Å². The van der Waals surface area contributed by atoms with Crippen LogP contribution in [0, 0.1) is 29.6 Å². The SMILES string of the molecule is CC.CC1CCC(C2CCC(C3CC(F)C(C(F)(F)OC4CC(F)C(F)C(F)C4)C(F)C3)CC2)OC1. The maximum atomic E-state index is 14.9. The van der Waals surface area contributed by atoms with Crippen LogP contribution < -0.4 is 0 Å². The molecule has 0 spiro atoms. The van der Waals surface area contributed by atoms with E-state index in [0.29, 0.717) is 11.8 Å². The Bertz CT molecular complexity index is 628. The van der Waals surface area contributed by atoms with E-state index in [0.717, 1.165) is 45.1 Å². The summed E-state index contributed by atoms with van der Waals surface area (Å²) in [6.07, 6.45) is -13.0. The Labute approximate surface area is 211 Å². The van der Waals surface area contributed by atoms with E-state index >= 15 is 0 Å². The topological polar surface area (TPSA) is 18.5 Å². The van der Waals surface area contributed by atoms with E-state index in [1.807, 2.05) is 13.8 Å². The van der Waals surface area contributed by atoms with Crippen molar-refractivity contribution in [3.63, 3.8) is 0 Å². The lowest BCUT2D eigenvalue weighted by atomic mass is 9.67. The maximum Gasteiger partial charge on any atom is 0.364 e. The summed E-state index contributed by atoms with van der Waals surface area (Å²) in [5, 5.41) is 0. The Kier molecular flexibility index (Phi) is 10.8. The van der Waals surface area contributed by atoms with Gasteiger partial charge in [-0.05, 0) is 75.0 Å². The summed E-state index contributed by atoms with van der Waals surface area (Å²) in [4.78, 5) is 0. The molecule has 3 aliphatic carbocycles. The number of ether oxygens (including phenoxy) is 2. The monoisotopic (exact) mass is 532 g/mol. The molecule has 4 aliphatic rings. The molecular formula is C27H43F7O2. The van der Waals surface area contributed by atoms with E-state index in [1.165, 1.54) is 0 Å². The summed E-state index contributed by atoms with van der Waals surface area (Å²) in [6, 6.07) is 0. The molecule has 36 heavy (non-hydrogen) atoms. The van der Waals surface area contributed by atoms with Crippen LogP contribution in [-0.2, 0) is 9.47 Å². The van der Waals surface area contributed by atoms with Crippen molar-refractivity contribution in [2.45, 2.75) is 134 Å². The standard InChI is InChI=1S/C25H37F7O2.C2H6/c1-13-2-7-22(33-12-13)15-5-3-14(4-6-15)16-8-18(26)23(19(27)9-16)25(31,32)34-17-10-20(28)24(30)21(29)11-17;1-2/h13-24H,2-12H2,1H3;1-2H3. The lowest BCUT2D eigenvalue weighted by Gasteiger charge is -2.44. The molecule has 6 atom stereocenters. The van der Waals surface area contributed by atoms with Gasteiger partial charge in [-0.3, -0.25) is 0 Å². The second-order valence-electron chi connectivity index (χ2n) is 11.3. The average molecular weight is 533 g/mol. The van der Waals surface area contributed by atoms with Crippen molar-refractivity contribution in [2.75, 3.05) is 6.61 Å². The minimum Gasteiger partial charge on any atom is -0.378 e. The molecule has 1 saturated heterocycles. The molecule has 4 rings (SSSR count). The van der Waals surface area contributed by atoms with Gasteiger partial charge in [0, 0.05) is 19.4 Å². The third-order valence-electron chi connectivity index (χ3n) is 8.76. The van der Waals surface area contributed by atoms with Crippen LogP contribution in [0.2, 0.25) is 0 Å². The third-order valence-corrected chi connectivity index (χ3v) is 8.76. The molecular weight excluding hydrogens is 489 g/mol. The molecule has 0 N–H and O–H groups in total. The Balaban J connectivity index is 0.00000176. The van der Waals surface area contributed by atoms with Crippen molar-refractivity contribution in [3.05, 3.63) is 0 Å². The summed E-state index contributed by atoms with van der Waals surface area (Å²) in [5.74, 6) is -1.54. The fourth-order valence-corrected chi connectivity index (χ4v) is 6.75. The summed E-state index contributed by atoms with van der Waals surface area (Å²) in [7, 11) is 0. The zero-order valence-corrected chi connectivity index (χ0v) is 21.7. The van der Waals surface area contributed by atoms with Crippen molar-refractivity contribution in [2.24, 2.45) is 29.6 Å². The number of hydrogen-bond donors (Lipinski definition) is 0. The number of alkyl halides is 7. The molecule has 0 amide bonds. The van der Waals surface area contributed by atoms with Crippen LogP contribution in [0.1, 0.15) is 85.0 Å². The van der Waals surface area contributed by atoms with Gasteiger partial charge in [-0.2, -0.15) is 8.78 Å². The normalized spacial score (nSPS) is 46.5. The Morgan fingerprint density at radius 3 is 1.69 bits per heavy atom. The number of hydrogen-bond acceptors (Lipinski definition) is 2. The minimum absolute atomic E-state index is 0.0881. The van der Waals surface area contributed by atoms with Crippen LogP contribution in [0.4, 0.5) is 30.7 Å². The summed E-state index contributed by atoms with van der Waals surface area (Å²) in [5.41, 5.74) is 0. The van der Waals surface area contributed by atoms with Crippen molar-refractivity contribution < 1.29 is 40.2 Å². The van der Waals surface area contributed by atoms with Crippen molar-refractivity contribution in [3.8, 4) is 0 Å². The fraction of sp³-hybridized carbons (Fsp3) is 1.00. The Morgan fingerprint density at radius 1 is 0.667 bits per heavy atom. The predicted molar refractivity (Wildman–Crippen MR) is 125 cm³/mol. The van der Waals surface area contributed by atoms with E-state index < -0.39 is 61.8 Å². The highest BCUT2D eigenvalue weighted by atomic mass is 19.3. The molecule has 0 bridgehead atoms. The van der Waals surface area contributed by atoms with Gasteiger partial charge in [-0.15, -0.1) is 0 Å². The number of rotatable bonds is 5. The molecule has 0 radical (unpaired) electrons. The molecule has 1 aliphatic heterocycles. The molecule has 3 saturated carbocycles. The quantitative estimate of drug-likeness (QED) is 0.333. The lowest BCUT2D eigenvalue weighted by Crippen LogP contribution is -2.52. The van der Waals surface area contributed by atoms with Crippen LogP contribution in [0.25, 0.3) is 0 Å². The van der Waals surface area contributed by atoms with Crippen molar-refractivity contribution >= 4 is 0 Å². The van der Waals surface area contributed by atoms with Gasteiger partial charge in [0.2, 0.25) is 0 Å². The first-order valence-electron chi connectivity index (χ1n) is 13.9. The van der Waals surface area contributed by atoms with Crippen molar-refractivity contribution in [1.82, 2.24) is 0 Å². The van der Waals surface area contributed by atoms with Crippen LogP contribution in [-0.4, -0.2) is 55.8 Å². The van der Waals surface area contributed by atoms with Crippen LogP contribution in [0.5, 0.6) is 0 Å². The third kappa shape index (κ3) is 7.09. The first-order chi connectivity index (χ1) is 17.0. The summed E-state index contributed by atoms with van der Waals surface area (Å²) >= 11 is 0. The van der Waals surface area contributed by atoms with E-state index in [1.54, 1.807) is 0 Å². The Hall–Kier alpha value is -0.570. The molecule has 6 unspecified atom stereocenters. The zero-order chi connectivity index (χ0) is 26.6. The highest BCUT2D eigenvalue weighted by Gasteiger charge is 2.57. The smallest absolute Gasteiger partial charge is 0.364 e. The van der Waals surface area contributed by atoms with Crippen LogP contribution in [0.3, 0.4) is 0 Å². The molecule has 4 fully saturated rings. The van der Waals surface area contributed by atoms with Gasteiger partial charge in [0.1, 0.15) is 30.6 Å². The predicted octanol–water partition coefficient (Wildman–Crippen LogP) is 8.12. The van der Waals surface area contributed by atoms with E-state index in [9.17, 15) is 30.7 Å². The molecule has 1 heterocycles. The molecule has 0 aromatic rings. The summed E-state index contributed by atoms with van der Waals surface area (Å²) in [6.45, 7) is 6.94. The molecule has 0 aromatic heterocycles. The van der Waals surface area contributed by atoms with Gasteiger partial charge >= 0.3 is 6.11 Å². The molecule has 0 aromatic carbocycles. The van der Waals surface area contributed by atoms with Crippen LogP contribution >= 0.6 is 0 Å². The van der Waals surface area contributed by atoms with E-state index in [4.69, 9.17) is 4.74 Å². The van der Waals surface area contributed by atoms with Gasteiger partial charge in [0.15, 0.2) is 6.17 Å². The minimum atomic E-state index is -4.22. The highest BCUT2D eigenvalue weighted by molar-refractivity contribution is 4.96. The maximum absolute atomic E-state index is 14.9.